The van der Waals surface area contributed by atoms with Crippen LogP contribution >= 0.6 is 0 Å². The quantitative estimate of drug-likeness (QED) is 0.889. The van der Waals surface area contributed by atoms with Gasteiger partial charge in [0.25, 0.3) is 0 Å². The number of rotatable bonds is 4. The van der Waals surface area contributed by atoms with Gasteiger partial charge in [0.1, 0.15) is 0 Å². The van der Waals surface area contributed by atoms with Crippen molar-refractivity contribution in [2.75, 3.05) is 6.54 Å². The molecule has 0 spiro atoms. The van der Waals surface area contributed by atoms with E-state index in [2.05, 4.69) is 16.8 Å². The predicted octanol–water partition coefficient (Wildman–Crippen LogP) is 2.54. The summed E-state index contributed by atoms with van der Waals surface area (Å²) in [6.45, 7) is 4.18. The Kier molecular flexibility index (Phi) is 4.31. The summed E-state index contributed by atoms with van der Waals surface area (Å²) in [7, 11) is 0. The second-order valence-electron chi connectivity index (χ2n) is 4.87. The number of piperidine rings is 1. The van der Waals surface area contributed by atoms with Crippen molar-refractivity contribution in [3.63, 3.8) is 0 Å². The molecule has 4 heteroatoms. The largest absolute Gasteiger partial charge is 0.478 e. The molecule has 98 valence electrons. The molecule has 1 aliphatic rings. The third-order valence-electron chi connectivity index (χ3n) is 3.66. The van der Waals surface area contributed by atoms with E-state index >= 15 is 0 Å². The van der Waals surface area contributed by atoms with E-state index in [1.165, 1.54) is 31.9 Å². The van der Waals surface area contributed by atoms with Crippen LogP contribution in [-0.2, 0) is 6.54 Å². The van der Waals surface area contributed by atoms with Gasteiger partial charge in [-0.25, -0.2) is 4.79 Å². The van der Waals surface area contributed by atoms with E-state index in [1.54, 1.807) is 6.07 Å². The summed E-state index contributed by atoms with van der Waals surface area (Å²) < 4.78 is 0. The summed E-state index contributed by atoms with van der Waals surface area (Å²) in [5.41, 5.74) is 1.21. The molecule has 1 atom stereocenters. The number of likely N-dealkylation sites (tertiary alicyclic amines) is 1. The summed E-state index contributed by atoms with van der Waals surface area (Å²) in [4.78, 5) is 17.5. The molecule has 2 rings (SSSR count). The number of carboxylic acids is 1. The van der Waals surface area contributed by atoms with Gasteiger partial charge in [-0.2, -0.15) is 0 Å². The van der Waals surface area contributed by atoms with E-state index in [4.69, 9.17) is 5.11 Å². The number of carboxylic acid groups (broad SMARTS) is 1. The van der Waals surface area contributed by atoms with Crippen LogP contribution in [0.5, 0.6) is 0 Å². The van der Waals surface area contributed by atoms with Gasteiger partial charge in [0, 0.05) is 18.8 Å². The van der Waals surface area contributed by atoms with Gasteiger partial charge in [-0.15, -0.1) is 0 Å². The highest BCUT2D eigenvalue weighted by molar-refractivity contribution is 5.87. The lowest BCUT2D eigenvalue weighted by Crippen LogP contribution is -2.38. The fourth-order valence-corrected chi connectivity index (χ4v) is 2.58. The fraction of sp³-hybridized carbons (Fsp3) is 0.571. The van der Waals surface area contributed by atoms with Crippen molar-refractivity contribution in [3.8, 4) is 0 Å². The maximum atomic E-state index is 10.8. The highest BCUT2D eigenvalue weighted by Crippen LogP contribution is 2.21. The molecule has 1 aromatic rings. The number of hydrogen-bond donors (Lipinski definition) is 1. The van der Waals surface area contributed by atoms with Crippen LogP contribution in [0.3, 0.4) is 0 Å². The molecule has 1 aliphatic heterocycles. The van der Waals surface area contributed by atoms with Crippen LogP contribution in [-0.4, -0.2) is 33.5 Å². The molecule has 1 fully saturated rings. The number of nitrogens with zero attached hydrogens (tertiary/aromatic N) is 2. The normalized spacial score (nSPS) is 20.8. The zero-order chi connectivity index (χ0) is 13.0. The van der Waals surface area contributed by atoms with Gasteiger partial charge >= 0.3 is 5.97 Å². The van der Waals surface area contributed by atoms with E-state index in [0.717, 1.165) is 18.8 Å². The SMILES string of the molecule is CCC1CCCCN1Cc1ccc(C(=O)O)cn1. The second kappa shape index (κ2) is 5.96. The van der Waals surface area contributed by atoms with Gasteiger partial charge in [-0.05, 0) is 37.9 Å². The number of pyridine rings is 1. The van der Waals surface area contributed by atoms with Crippen molar-refractivity contribution in [1.82, 2.24) is 9.88 Å². The van der Waals surface area contributed by atoms with Crippen LogP contribution < -0.4 is 0 Å². The molecular weight excluding hydrogens is 228 g/mol. The zero-order valence-electron chi connectivity index (χ0n) is 10.8. The zero-order valence-corrected chi connectivity index (χ0v) is 10.8. The highest BCUT2D eigenvalue weighted by atomic mass is 16.4. The Morgan fingerprint density at radius 2 is 2.33 bits per heavy atom. The molecule has 0 aliphatic carbocycles. The summed E-state index contributed by atoms with van der Waals surface area (Å²) in [5.74, 6) is -0.918. The number of aromatic nitrogens is 1. The van der Waals surface area contributed by atoms with Crippen LogP contribution in [0.1, 0.15) is 48.7 Å². The number of carbonyl (C=O) groups is 1. The Labute approximate surface area is 108 Å². The van der Waals surface area contributed by atoms with Crippen LogP contribution in [0.2, 0.25) is 0 Å². The van der Waals surface area contributed by atoms with Gasteiger partial charge in [0.05, 0.1) is 11.3 Å². The Hall–Kier alpha value is -1.42. The Morgan fingerprint density at radius 3 is 2.94 bits per heavy atom. The predicted molar refractivity (Wildman–Crippen MR) is 69.5 cm³/mol. The third kappa shape index (κ3) is 3.07. The van der Waals surface area contributed by atoms with E-state index in [9.17, 15) is 4.79 Å². The molecule has 1 aromatic heterocycles. The van der Waals surface area contributed by atoms with Gasteiger partial charge in [0.2, 0.25) is 0 Å². The van der Waals surface area contributed by atoms with Crippen LogP contribution in [0.4, 0.5) is 0 Å². The summed E-state index contributed by atoms with van der Waals surface area (Å²) in [6, 6.07) is 4.11. The summed E-state index contributed by atoms with van der Waals surface area (Å²) >= 11 is 0. The lowest BCUT2D eigenvalue weighted by molar-refractivity contribution is 0.0696. The fourth-order valence-electron chi connectivity index (χ4n) is 2.58. The lowest BCUT2D eigenvalue weighted by Gasteiger charge is -2.34. The van der Waals surface area contributed by atoms with E-state index in [0.29, 0.717) is 6.04 Å². The Morgan fingerprint density at radius 1 is 1.50 bits per heavy atom. The average Bonchev–Trinajstić information content (AvgIpc) is 2.40. The molecule has 0 radical (unpaired) electrons. The number of aromatic carboxylic acids is 1. The standard InChI is InChI=1S/C14H20N2O2/c1-2-13-5-3-4-8-16(13)10-12-7-6-11(9-15-12)14(17)18/h6-7,9,13H,2-5,8,10H2,1H3,(H,17,18). The maximum absolute atomic E-state index is 10.8. The maximum Gasteiger partial charge on any atom is 0.337 e. The van der Waals surface area contributed by atoms with Crippen molar-refractivity contribution >= 4 is 5.97 Å². The first-order valence-electron chi connectivity index (χ1n) is 6.63. The Bertz CT molecular complexity index is 403. The van der Waals surface area contributed by atoms with Crippen molar-refractivity contribution in [2.24, 2.45) is 0 Å². The van der Waals surface area contributed by atoms with Gasteiger partial charge in [-0.1, -0.05) is 13.3 Å². The molecule has 0 saturated carbocycles. The molecule has 0 bridgehead atoms. The molecule has 1 N–H and O–H groups in total. The van der Waals surface area contributed by atoms with E-state index < -0.39 is 5.97 Å². The lowest BCUT2D eigenvalue weighted by atomic mass is 10.00. The minimum atomic E-state index is -0.918. The molecule has 1 saturated heterocycles. The van der Waals surface area contributed by atoms with E-state index in [-0.39, 0.29) is 5.56 Å². The highest BCUT2D eigenvalue weighted by Gasteiger charge is 2.20. The first-order chi connectivity index (χ1) is 8.70. The molecule has 0 amide bonds. The van der Waals surface area contributed by atoms with Gasteiger partial charge in [0.15, 0.2) is 0 Å². The van der Waals surface area contributed by atoms with Crippen LogP contribution in [0.15, 0.2) is 18.3 Å². The second-order valence-corrected chi connectivity index (χ2v) is 4.87. The smallest absolute Gasteiger partial charge is 0.337 e. The molecule has 1 unspecified atom stereocenters. The third-order valence-corrected chi connectivity index (χ3v) is 3.66. The molecule has 0 aromatic carbocycles. The van der Waals surface area contributed by atoms with Gasteiger partial charge < -0.3 is 5.11 Å². The summed E-state index contributed by atoms with van der Waals surface area (Å²) in [6.07, 6.45) is 6.46. The molecular formula is C14H20N2O2. The minimum absolute atomic E-state index is 0.254. The topological polar surface area (TPSA) is 53.4 Å². The average molecular weight is 248 g/mol. The Balaban J connectivity index is 2.01. The van der Waals surface area contributed by atoms with Crippen LogP contribution in [0.25, 0.3) is 0 Å². The molecule has 18 heavy (non-hydrogen) atoms. The summed E-state index contributed by atoms with van der Waals surface area (Å²) in [5, 5.41) is 8.83. The first-order valence-corrected chi connectivity index (χ1v) is 6.63. The monoisotopic (exact) mass is 248 g/mol. The van der Waals surface area contributed by atoms with Crippen molar-refractivity contribution in [2.45, 2.75) is 45.2 Å². The van der Waals surface area contributed by atoms with Crippen molar-refractivity contribution in [1.29, 1.82) is 0 Å². The molecule has 4 nitrogen and oxygen atoms in total. The van der Waals surface area contributed by atoms with Crippen LogP contribution in [0, 0.1) is 0 Å². The van der Waals surface area contributed by atoms with Crippen molar-refractivity contribution in [3.05, 3.63) is 29.6 Å². The van der Waals surface area contributed by atoms with Gasteiger partial charge in [-0.3, -0.25) is 9.88 Å². The minimum Gasteiger partial charge on any atom is -0.478 e. The first kappa shape index (κ1) is 13.0. The number of hydrogen-bond acceptors (Lipinski definition) is 3. The molecule has 2 heterocycles. The van der Waals surface area contributed by atoms with Crippen molar-refractivity contribution < 1.29 is 9.90 Å². The van der Waals surface area contributed by atoms with E-state index in [1.807, 2.05) is 6.07 Å².